The van der Waals surface area contributed by atoms with Crippen LogP contribution in [0, 0.1) is 0 Å². The number of nitrogens with zero attached hydrogens (tertiary/aromatic N) is 1. The van der Waals surface area contributed by atoms with Crippen molar-refractivity contribution in [1.29, 1.82) is 0 Å². The van der Waals surface area contributed by atoms with Crippen molar-refractivity contribution in [2.75, 3.05) is 37.4 Å². The summed E-state index contributed by atoms with van der Waals surface area (Å²) in [6.07, 6.45) is -1.77. The molecule has 2 amide bonds. The molecule has 1 aliphatic heterocycles. The number of carbonyl (C=O) groups excluding carboxylic acids is 2. The maximum absolute atomic E-state index is 14.7. The minimum Gasteiger partial charge on any atom is -0.397 e. The highest BCUT2D eigenvalue weighted by atomic mass is 32.1. The molecule has 8 heteroatoms. The second-order valence-corrected chi connectivity index (χ2v) is 8.10. The second kappa shape index (κ2) is 9.28. The molecule has 1 fully saturated rings. The molecular formula is C23H22FN3O3S. The summed E-state index contributed by atoms with van der Waals surface area (Å²) in [6, 6.07) is 15.4. The van der Waals surface area contributed by atoms with Crippen molar-refractivity contribution in [2.45, 2.75) is 6.17 Å². The van der Waals surface area contributed by atoms with E-state index in [0.717, 1.165) is 10.4 Å². The Morgan fingerprint density at radius 1 is 1.10 bits per heavy atom. The smallest absolute Gasteiger partial charge is 0.261 e. The number of thiophene rings is 1. The first-order valence-electron chi connectivity index (χ1n) is 9.88. The fourth-order valence-corrected chi connectivity index (χ4v) is 4.07. The number of hydrogen-bond acceptors (Lipinski definition) is 5. The number of rotatable bonds is 5. The Bertz CT molecular complexity index is 1060. The molecule has 1 unspecified atom stereocenters. The molecule has 1 saturated heterocycles. The van der Waals surface area contributed by atoms with Crippen LogP contribution in [0.4, 0.5) is 15.8 Å². The SMILES string of the molecule is Nc1ccc(-c2cccs2)cc1NC(=O)c1ccc(C(F)C(=O)N2CCOCC2)cc1. The van der Waals surface area contributed by atoms with Crippen LogP contribution in [0.1, 0.15) is 22.1 Å². The Balaban J connectivity index is 1.45. The molecule has 0 spiro atoms. The van der Waals surface area contributed by atoms with E-state index in [2.05, 4.69) is 5.32 Å². The molecule has 4 rings (SSSR count). The monoisotopic (exact) mass is 439 g/mol. The topological polar surface area (TPSA) is 84.7 Å². The summed E-state index contributed by atoms with van der Waals surface area (Å²) in [6.45, 7) is 1.58. The number of benzene rings is 2. The lowest BCUT2D eigenvalue weighted by Gasteiger charge is -2.28. The van der Waals surface area contributed by atoms with Crippen LogP contribution in [0.25, 0.3) is 10.4 Å². The fourth-order valence-electron chi connectivity index (χ4n) is 3.35. The van der Waals surface area contributed by atoms with Crippen LogP contribution in [-0.4, -0.2) is 43.0 Å². The number of nitrogen functional groups attached to an aromatic ring is 1. The van der Waals surface area contributed by atoms with Crippen LogP contribution in [0.2, 0.25) is 0 Å². The molecular weight excluding hydrogens is 417 g/mol. The van der Waals surface area contributed by atoms with Crippen molar-refractivity contribution < 1.29 is 18.7 Å². The van der Waals surface area contributed by atoms with E-state index in [1.807, 2.05) is 29.6 Å². The Hall–Kier alpha value is -3.23. The third kappa shape index (κ3) is 4.76. The number of amides is 2. The maximum atomic E-state index is 14.7. The van der Waals surface area contributed by atoms with Gasteiger partial charge in [0.1, 0.15) is 0 Å². The third-order valence-electron chi connectivity index (χ3n) is 5.11. The molecule has 3 N–H and O–H groups in total. The Kier molecular flexibility index (Phi) is 6.29. The van der Waals surface area contributed by atoms with E-state index in [0.29, 0.717) is 43.2 Å². The zero-order valence-corrected chi connectivity index (χ0v) is 17.5. The number of halogens is 1. The van der Waals surface area contributed by atoms with E-state index >= 15 is 0 Å². The van der Waals surface area contributed by atoms with Crippen LogP contribution in [0.15, 0.2) is 60.0 Å². The molecule has 3 aromatic rings. The summed E-state index contributed by atoms with van der Waals surface area (Å²) in [5.41, 5.74) is 8.49. The molecule has 0 radical (unpaired) electrons. The van der Waals surface area contributed by atoms with Gasteiger partial charge in [0, 0.05) is 23.5 Å². The van der Waals surface area contributed by atoms with Crippen molar-refractivity contribution >= 4 is 34.5 Å². The Labute approximate surface area is 183 Å². The molecule has 1 aliphatic rings. The van der Waals surface area contributed by atoms with Gasteiger partial charge in [0.05, 0.1) is 24.6 Å². The van der Waals surface area contributed by atoms with Gasteiger partial charge in [-0.2, -0.15) is 0 Å². The quantitative estimate of drug-likeness (QED) is 0.586. The number of nitrogens with one attached hydrogen (secondary N) is 1. The van der Waals surface area contributed by atoms with Gasteiger partial charge in [-0.3, -0.25) is 9.59 Å². The van der Waals surface area contributed by atoms with Crippen molar-refractivity contribution in [3.05, 3.63) is 71.1 Å². The number of ether oxygens (including phenoxy) is 1. The van der Waals surface area contributed by atoms with E-state index in [1.54, 1.807) is 17.4 Å². The molecule has 1 atom stereocenters. The second-order valence-electron chi connectivity index (χ2n) is 7.16. The van der Waals surface area contributed by atoms with Gasteiger partial charge in [-0.05, 0) is 46.8 Å². The lowest BCUT2D eigenvalue weighted by Crippen LogP contribution is -2.42. The summed E-state index contributed by atoms with van der Waals surface area (Å²) in [7, 11) is 0. The van der Waals surface area contributed by atoms with Crippen molar-refractivity contribution in [2.24, 2.45) is 0 Å². The van der Waals surface area contributed by atoms with Gasteiger partial charge in [-0.15, -0.1) is 11.3 Å². The van der Waals surface area contributed by atoms with E-state index in [9.17, 15) is 14.0 Å². The molecule has 1 aromatic heterocycles. The zero-order chi connectivity index (χ0) is 21.8. The first kappa shape index (κ1) is 21.0. The highest BCUT2D eigenvalue weighted by Crippen LogP contribution is 2.30. The van der Waals surface area contributed by atoms with Crippen LogP contribution >= 0.6 is 11.3 Å². The maximum Gasteiger partial charge on any atom is 0.261 e. The van der Waals surface area contributed by atoms with Crippen LogP contribution < -0.4 is 11.1 Å². The van der Waals surface area contributed by atoms with Crippen LogP contribution in [0.3, 0.4) is 0 Å². The van der Waals surface area contributed by atoms with Gasteiger partial charge in [0.2, 0.25) is 6.17 Å². The zero-order valence-electron chi connectivity index (χ0n) is 16.7. The summed E-state index contributed by atoms with van der Waals surface area (Å²) in [5.74, 6) is -0.949. The highest BCUT2D eigenvalue weighted by molar-refractivity contribution is 7.13. The van der Waals surface area contributed by atoms with Crippen molar-refractivity contribution in [3.8, 4) is 10.4 Å². The van der Waals surface area contributed by atoms with Crippen molar-refractivity contribution in [1.82, 2.24) is 4.90 Å². The van der Waals surface area contributed by atoms with Gasteiger partial charge < -0.3 is 20.7 Å². The first-order valence-corrected chi connectivity index (χ1v) is 10.8. The van der Waals surface area contributed by atoms with Crippen molar-refractivity contribution in [3.63, 3.8) is 0 Å². The number of alkyl halides is 1. The Morgan fingerprint density at radius 2 is 1.84 bits per heavy atom. The summed E-state index contributed by atoms with van der Waals surface area (Å²) < 4.78 is 19.9. The van der Waals surface area contributed by atoms with E-state index in [1.165, 1.54) is 29.2 Å². The normalized spacial score (nSPS) is 14.8. The van der Waals surface area contributed by atoms with E-state index in [-0.39, 0.29) is 11.5 Å². The molecule has 0 aliphatic carbocycles. The number of carbonyl (C=O) groups is 2. The predicted molar refractivity (Wildman–Crippen MR) is 120 cm³/mol. The molecule has 0 saturated carbocycles. The minimum atomic E-state index is -1.77. The molecule has 160 valence electrons. The minimum absolute atomic E-state index is 0.215. The average molecular weight is 440 g/mol. The summed E-state index contributed by atoms with van der Waals surface area (Å²) in [4.78, 5) is 27.5. The summed E-state index contributed by atoms with van der Waals surface area (Å²) in [5, 5.41) is 4.79. The standard InChI is InChI=1S/C23H22FN3O3S/c24-21(23(29)27-9-11-30-12-10-27)15-3-5-16(6-4-15)22(28)26-19-14-17(7-8-18(19)25)20-2-1-13-31-20/h1-8,13-14,21H,9-12,25H2,(H,26,28). The molecule has 6 nitrogen and oxygen atoms in total. The van der Waals surface area contributed by atoms with E-state index in [4.69, 9.17) is 10.5 Å². The van der Waals surface area contributed by atoms with E-state index < -0.39 is 12.1 Å². The van der Waals surface area contributed by atoms with Gasteiger partial charge in [-0.25, -0.2) is 4.39 Å². The lowest BCUT2D eigenvalue weighted by atomic mass is 10.1. The van der Waals surface area contributed by atoms with Gasteiger partial charge in [0.25, 0.3) is 11.8 Å². The molecule has 2 aromatic carbocycles. The highest BCUT2D eigenvalue weighted by Gasteiger charge is 2.27. The number of anilines is 2. The average Bonchev–Trinajstić information content (AvgIpc) is 3.35. The molecule has 31 heavy (non-hydrogen) atoms. The predicted octanol–water partition coefficient (Wildman–Crippen LogP) is 4.12. The summed E-state index contributed by atoms with van der Waals surface area (Å²) >= 11 is 1.60. The number of morpholine rings is 1. The third-order valence-corrected chi connectivity index (χ3v) is 6.03. The van der Waals surface area contributed by atoms with Gasteiger partial charge >= 0.3 is 0 Å². The van der Waals surface area contributed by atoms with Crippen LogP contribution in [-0.2, 0) is 9.53 Å². The first-order chi connectivity index (χ1) is 15.0. The van der Waals surface area contributed by atoms with Gasteiger partial charge in [0.15, 0.2) is 0 Å². The van der Waals surface area contributed by atoms with Crippen LogP contribution in [0.5, 0.6) is 0 Å². The Morgan fingerprint density at radius 3 is 2.52 bits per heavy atom. The van der Waals surface area contributed by atoms with Gasteiger partial charge in [-0.1, -0.05) is 24.3 Å². The number of nitrogens with two attached hydrogens (primary N) is 1. The number of hydrogen-bond donors (Lipinski definition) is 2. The lowest BCUT2D eigenvalue weighted by molar-refractivity contribution is -0.140. The molecule has 0 bridgehead atoms. The fraction of sp³-hybridized carbons (Fsp3) is 0.217. The largest absolute Gasteiger partial charge is 0.397 e. The molecule has 2 heterocycles.